The highest BCUT2D eigenvalue weighted by molar-refractivity contribution is 5.25. The van der Waals surface area contributed by atoms with Gasteiger partial charge in [0.1, 0.15) is 0 Å². The largest absolute Gasteiger partial charge is 0.375 e. The summed E-state index contributed by atoms with van der Waals surface area (Å²) >= 11 is 0. The van der Waals surface area contributed by atoms with Crippen molar-refractivity contribution in [3.05, 3.63) is 35.4 Å². The quantitative estimate of drug-likeness (QED) is 0.732. The molecule has 0 unspecified atom stereocenters. The summed E-state index contributed by atoms with van der Waals surface area (Å²) in [4.78, 5) is 0. The van der Waals surface area contributed by atoms with E-state index in [0.29, 0.717) is 18.8 Å². The summed E-state index contributed by atoms with van der Waals surface area (Å²) in [5.41, 5.74) is 1.54. The Morgan fingerprint density at radius 2 is 1.81 bits per heavy atom. The van der Waals surface area contributed by atoms with Crippen molar-refractivity contribution in [2.24, 2.45) is 0 Å². The van der Waals surface area contributed by atoms with Crippen LogP contribution in [0.5, 0.6) is 0 Å². The normalized spacial score (nSPS) is 29.7. The molecule has 84 valence electrons. The summed E-state index contributed by atoms with van der Waals surface area (Å²) in [5, 5.41) is 18.7. The van der Waals surface area contributed by atoms with Gasteiger partial charge in [0.2, 0.25) is 0 Å². The molecule has 0 radical (unpaired) electrons. The van der Waals surface area contributed by atoms with Gasteiger partial charge in [-0.3, -0.25) is 0 Å². The van der Waals surface area contributed by atoms with Gasteiger partial charge < -0.3 is 5.11 Å². The predicted octanol–water partition coefficient (Wildman–Crippen LogP) is 2.91. The van der Waals surface area contributed by atoms with Crippen molar-refractivity contribution in [1.29, 1.82) is 5.26 Å². The van der Waals surface area contributed by atoms with Gasteiger partial charge in [0.15, 0.2) is 5.60 Å². The van der Waals surface area contributed by atoms with Gasteiger partial charge in [-0.1, -0.05) is 29.8 Å². The maximum Gasteiger partial charge on any atom is 0.151 e. The van der Waals surface area contributed by atoms with Gasteiger partial charge >= 0.3 is 0 Å². The zero-order valence-electron chi connectivity index (χ0n) is 9.61. The van der Waals surface area contributed by atoms with E-state index in [1.165, 1.54) is 11.1 Å². The van der Waals surface area contributed by atoms with E-state index < -0.39 is 5.60 Å². The first kappa shape index (κ1) is 11.2. The Labute approximate surface area is 96.5 Å². The molecule has 1 aliphatic rings. The van der Waals surface area contributed by atoms with Crippen molar-refractivity contribution in [2.45, 2.75) is 44.1 Å². The lowest BCUT2D eigenvalue weighted by atomic mass is 9.77. The number of hydrogen-bond donors (Lipinski definition) is 1. The average molecular weight is 215 g/mol. The van der Waals surface area contributed by atoms with Crippen molar-refractivity contribution in [2.75, 3.05) is 0 Å². The van der Waals surface area contributed by atoms with Crippen LogP contribution in [0.1, 0.15) is 42.7 Å². The first-order valence-corrected chi connectivity index (χ1v) is 5.83. The zero-order valence-corrected chi connectivity index (χ0v) is 9.61. The molecule has 2 rings (SSSR count). The number of aryl methyl sites for hydroxylation is 1. The van der Waals surface area contributed by atoms with Gasteiger partial charge in [0.05, 0.1) is 6.07 Å². The second-order valence-electron chi connectivity index (χ2n) is 4.83. The second-order valence-corrected chi connectivity index (χ2v) is 4.83. The van der Waals surface area contributed by atoms with Gasteiger partial charge in [-0.25, -0.2) is 0 Å². The minimum absolute atomic E-state index is 0.509. The molecule has 0 aliphatic heterocycles. The number of rotatable bonds is 1. The molecule has 1 aliphatic carbocycles. The Morgan fingerprint density at radius 1 is 1.25 bits per heavy atom. The SMILES string of the molecule is Cc1ccc(C2CCC(O)(C#N)CC2)cc1. The minimum Gasteiger partial charge on any atom is -0.375 e. The summed E-state index contributed by atoms with van der Waals surface area (Å²) in [6, 6.07) is 10.6. The Kier molecular flexibility index (Phi) is 2.98. The number of hydrogen-bond acceptors (Lipinski definition) is 2. The fourth-order valence-corrected chi connectivity index (χ4v) is 2.38. The van der Waals surface area contributed by atoms with Crippen LogP contribution in [-0.2, 0) is 0 Å². The van der Waals surface area contributed by atoms with E-state index in [0.717, 1.165) is 12.8 Å². The van der Waals surface area contributed by atoms with Crippen molar-refractivity contribution in [3.63, 3.8) is 0 Å². The number of nitrogens with zero attached hydrogens (tertiary/aromatic N) is 1. The highest BCUT2D eigenvalue weighted by Gasteiger charge is 2.33. The molecule has 0 atom stereocenters. The molecule has 2 heteroatoms. The predicted molar refractivity (Wildman–Crippen MR) is 63.0 cm³/mol. The van der Waals surface area contributed by atoms with Crippen LogP contribution in [0.3, 0.4) is 0 Å². The summed E-state index contributed by atoms with van der Waals surface area (Å²) in [6.07, 6.45) is 3.02. The van der Waals surface area contributed by atoms with Crippen LogP contribution in [0.25, 0.3) is 0 Å². The molecule has 0 aromatic heterocycles. The molecule has 1 aromatic carbocycles. The molecule has 1 fully saturated rings. The van der Waals surface area contributed by atoms with E-state index in [-0.39, 0.29) is 0 Å². The summed E-state index contributed by atoms with van der Waals surface area (Å²) in [5.74, 6) is 0.509. The van der Waals surface area contributed by atoms with Gasteiger partial charge in [0.25, 0.3) is 0 Å². The number of aliphatic hydroxyl groups is 1. The highest BCUT2D eigenvalue weighted by atomic mass is 16.3. The van der Waals surface area contributed by atoms with E-state index >= 15 is 0 Å². The first-order chi connectivity index (χ1) is 7.63. The molecule has 0 bridgehead atoms. The van der Waals surface area contributed by atoms with Crippen molar-refractivity contribution in [3.8, 4) is 6.07 Å². The minimum atomic E-state index is -1.07. The fraction of sp³-hybridized carbons (Fsp3) is 0.500. The van der Waals surface area contributed by atoms with E-state index in [1.807, 2.05) is 6.07 Å². The Balaban J connectivity index is 2.05. The molecule has 2 nitrogen and oxygen atoms in total. The summed E-state index contributed by atoms with van der Waals surface area (Å²) in [6.45, 7) is 2.08. The van der Waals surface area contributed by atoms with Crippen LogP contribution in [-0.4, -0.2) is 10.7 Å². The van der Waals surface area contributed by atoms with Crippen LogP contribution in [0.4, 0.5) is 0 Å². The maximum absolute atomic E-state index is 9.83. The van der Waals surface area contributed by atoms with E-state index in [4.69, 9.17) is 5.26 Å². The average Bonchev–Trinajstić information content (AvgIpc) is 2.32. The maximum atomic E-state index is 9.83. The lowest BCUT2D eigenvalue weighted by Gasteiger charge is -2.31. The Hall–Kier alpha value is -1.33. The van der Waals surface area contributed by atoms with Crippen LogP contribution in [0.15, 0.2) is 24.3 Å². The Morgan fingerprint density at radius 3 is 2.31 bits per heavy atom. The smallest absolute Gasteiger partial charge is 0.151 e. The van der Waals surface area contributed by atoms with Crippen LogP contribution < -0.4 is 0 Å². The lowest BCUT2D eigenvalue weighted by Crippen LogP contribution is -2.31. The van der Waals surface area contributed by atoms with Crippen LogP contribution in [0.2, 0.25) is 0 Å². The summed E-state index contributed by atoms with van der Waals surface area (Å²) < 4.78 is 0. The molecule has 0 saturated heterocycles. The molecule has 16 heavy (non-hydrogen) atoms. The summed E-state index contributed by atoms with van der Waals surface area (Å²) in [7, 11) is 0. The van der Waals surface area contributed by atoms with Crippen molar-refractivity contribution >= 4 is 0 Å². The molecule has 1 saturated carbocycles. The topological polar surface area (TPSA) is 44.0 Å². The lowest BCUT2D eigenvalue weighted by molar-refractivity contribution is 0.0528. The Bertz CT molecular complexity index is 394. The van der Waals surface area contributed by atoms with Crippen molar-refractivity contribution < 1.29 is 5.11 Å². The van der Waals surface area contributed by atoms with Gasteiger partial charge in [0, 0.05) is 0 Å². The number of nitriles is 1. The van der Waals surface area contributed by atoms with Gasteiger partial charge in [-0.05, 0) is 44.1 Å². The molecule has 0 spiro atoms. The van der Waals surface area contributed by atoms with Crippen molar-refractivity contribution in [1.82, 2.24) is 0 Å². The second kappa shape index (κ2) is 4.27. The number of benzene rings is 1. The third-order valence-electron chi connectivity index (χ3n) is 3.57. The van der Waals surface area contributed by atoms with Gasteiger partial charge in [-0.15, -0.1) is 0 Å². The molecule has 1 N–H and O–H groups in total. The molecule has 0 heterocycles. The standard InChI is InChI=1S/C14H17NO/c1-11-2-4-12(5-3-11)13-6-8-14(16,10-15)9-7-13/h2-5,13,16H,6-9H2,1H3. The zero-order chi connectivity index (χ0) is 11.6. The third-order valence-corrected chi connectivity index (χ3v) is 3.57. The van der Waals surface area contributed by atoms with Gasteiger partial charge in [-0.2, -0.15) is 5.26 Å². The molecule has 1 aromatic rings. The highest BCUT2D eigenvalue weighted by Crippen LogP contribution is 2.37. The van der Waals surface area contributed by atoms with E-state index in [1.54, 1.807) is 0 Å². The first-order valence-electron chi connectivity index (χ1n) is 5.83. The molecule has 0 amide bonds. The van der Waals surface area contributed by atoms with Crippen LogP contribution in [0, 0.1) is 18.3 Å². The molecular weight excluding hydrogens is 198 g/mol. The monoisotopic (exact) mass is 215 g/mol. The molecular formula is C14H17NO. The van der Waals surface area contributed by atoms with E-state index in [2.05, 4.69) is 31.2 Å². The third kappa shape index (κ3) is 2.25. The van der Waals surface area contributed by atoms with Crippen LogP contribution >= 0.6 is 0 Å². The fourth-order valence-electron chi connectivity index (χ4n) is 2.38. The van der Waals surface area contributed by atoms with E-state index in [9.17, 15) is 5.11 Å².